The van der Waals surface area contributed by atoms with Crippen molar-refractivity contribution in [2.45, 2.75) is 0 Å². The Kier molecular flexibility index (Phi) is 3.22. The van der Waals surface area contributed by atoms with E-state index in [0.29, 0.717) is 5.56 Å². The molecule has 0 saturated carbocycles. The molecule has 3 nitrogen and oxygen atoms in total. The molecule has 0 N–H and O–H groups in total. The number of hydrogen-bond acceptors (Lipinski definition) is 3. The van der Waals surface area contributed by atoms with Crippen molar-refractivity contribution in [1.29, 1.82) is 10.5 Å². The van der Waals surface area contributed by atoms with E-state index in [9.17, 15) is 4.39 Å². The van der Waals surface area contributed by atoms with Crippen molar-refractivity contribution in [2.24, 2.45) is 0 Å². The summed E-state index contributed by atoms with van der Waals surface area (Å²) >= 11 is 0. The summed E-state index contributed by atoms with van der Waals surface area (Å²) < 4.78 is 18.9. The average Bonchev–Trinajstić information content (AvgIpc) is 2.41. The van der Waals surface area contributed by atoms with E-state index in [1.165, 1.54) is 12.1 Å². The maximum Gasteiger partial charge on any atom is 0.167 e. The molecule has 2 rings (SSSR count). The van der Waals surface area contributed by atoms with E-state index in [-0.39, 0.29) is 17.1 Å². The number of hydrogen-bond donors (Lipinski definition) is 0. The Labute approximate surface area is 103 Å². The lowest BCUT2D eigenvalue weighted by atomic mass is 10.2. The van der Waals surface area contributed by atoms with Gasteiger partial charge in [0.05, 0.1) is 17.2 Å². The highest BCUT2D eigenvalue weighted by atomic mass is 19.1. The predicted molar refractivity (Wildman–Crippen MR) is 62.3 cm³/mol. The van der Waals surface area contributed by atoms with E-state index in [1.54, 1.807) is 24.3 Å². The second-order valence-electron chi connectivity index (χ2n) is 3.47. The molecule has 0 radical (unpaired) electrons. The maximum atomic E-state index is 13.6. The first-order chi connectivity index (χ1) is 8.74. The molecule has 0 amide bonds. The van der Waals surface area contributed by atoms with Crippen molar-refractivity contribution in [1.82, 2.24) is 0 Å². The Morgan fingerprint density at radius 3 is 2.39 bits per heavy atom. The zero-order valence-electron chi connectivity index (χ0n) is 9.22. The van der Waals surface area contributed by atoms with Gasteiger partial charge in [0.1, 0.15) is 11.8 Å². The second-order valence-corrected chi connectivity index (χ2v) is 3.47. The first kappa shape index (κ1) is 11.6. The molecule has 0 spiro atoms. The van der Waals surface area contributed by atoms with Crippen LogP contribution in [0, 0.1) is 28.5 Å². The second kappa shape index (κ2) is 4.99. The van der Waals surface area contributed by atoms with Crippen LogP contribution < -0.4 is 4.74 Å². The third-order valence-corrected chi connectivity index (χ3v) is 2.29. The monoisotopic (exact) mass is 238 g/mol. The number of halogens is 1. The molecule has 18 heavy (non-hydrogen) atoms. The van der Waals surface area contributed by atoms with Crippen LogP contribution >= 0.6 is 0 Å². The van der Waals surface area contributed by atoms with Crippen molar-refractivity contribution in [2.75, 3.05) is 0 Å². The lowest BCUT2D eigenvalue weighted by molar-refractivity contribution is 0.441. The molecule has 2 aromatic rings. The van der Waals surface area contributed by atoms with Crippen LogP contribution in [0.2, 0.25) is 0 Å². The Bertz CT molecular complexity index is 668. The fraction of sp³-hybridized carbons (Fsp3) is 0. The SMILES string of the molecule is N#Cc1ccc(Oc2ccccc2C#N)c(F)c1. The molecule has 86 valence electrons. The van der Waals surface area contributed by atoms with Gasteiger partial charge in [0, 0.05) is 0 Å². The number of para-hydroxylation sites is 1. The molecule has 0 atom stereocenters. The average molecular weight is 238 g/mol. The number of nitrogens with zero attached hydrogens (tertiary/aromatic N) is 2. The molecule has 0 aromatic heterocycles. The zero-order chi connectivity index (χ0) is 13.0. The molecule has 0 fully saturated rings. The van der Waals surface area contributed by atoms with Crippen LogP contribution in [0.25, 0.3) is 0 Å². The van der Waals surface area contributed by atoms with Gasteiger partial charge in [-0.25, -0.2) is 4.39 Å². The quantitative estimate of drug-likeness (QED) is 0.805. The molecule has 0 heterocycles. The van der Waals surface area contributed by atoms with Crippen LogP contribution in [0.5, 0.6) is 11.5 Å². The van der Waals surface area contributed by atoms with Crippen molar-refractivity contribution in [3.63, 3.8) is 0 Å². The van der Waals surface area contributed by atoms with E-state index in [4.69, 9.17) is 15.3 Å². The largest absolute Gasteiger partial charge is 0.453 e. The third-order valence-electron chi connectivity index (χ3n) is 2.29. The van der Waals surface area contributed by atoms with E-state index in [0.717, 1.165) is 6.07 Å². The Hall–Kier alpha value is -2.85. The zero-order valence-corrected chi connectivity index (χ0v) is 9.22. The first-order valence-corrected chi connectivity index (χ1v) is 5.11. The van der Waals surface area contributed by atoms with Gasteiger partial charge in [-0.1, -0.05) is 12.1 Å². The minimum atomic E-state index is -0.637. The number of benzene rings is 2. The molecular formula is C14H7FN2O. The summed E-state index contributed by atoms with van der Waals surface area (Å²) in [6.45, 7) is 0. The van der Waals surface area contributed by atoms with Gasteiger partial charge in [0.15, 0.2) is 11.6 Å². The van der Waals surface area contributed by atoms with Crippen molar-refractivity contribution in [3.8, 4) is 23.6 Å². The first-order valence-electron chi connectivity index (χ1n) is 5.11. The summed E-state index contributed by atoms with van der Waals surface area (Å²) in [5, 5.41) is 17.5. The topological polar surface area (TPSA) is 56.8 Å². The highest BCUT2D eigenvalue weighted by Gasteiger charge is 2.08. The van der Waals surface area contributed by atoms with Gasteiger partial charge in [0.25, 0.3) is 0 Å². The van der Waals surface area contributed by atoms with E-state index in [2.05, 4.69) is 0 Å². The van der Waals surface area contributed by atoms with Crippen molar-refractivity contribution < 1.29 is 9.13 Å². The van der Waals surface area contributed by atoms with Gasteiger partial charge >= 0.3 is 0 Å². The summed E-state index contributed by atoms with van der Waals surface area (Å²) in [4.78, 5) is 0. The molecule has 0 aliphatic heterocycles. The third kappa shape index (κ3) is 2.28. The molecule has 0 bridgehead atoms. The smallest absolute Gasteiger partial charge is 0.167 e. The molecule has 2 aromatic carbocycles. The summed E-state index contributed by atoms with van der Waals surface area (Å²) in [5.74, 6) is -0.373. The summed E-state index contributed by atoms with van der Waals surface area (Å²) in [6, 6.07) is 14.2. The van der Waals surface area contributed by atoms with Gasteiger partial charge in [-0.3, -0.25) is 0 Å². The van der Waals surface area contributed by atoms with Crippen LogP contribution in [0.1, 0.15) is 11.1 Å². The van der Waals surface area contributed by atoms with Gasteiger partial charge < -0.3 is 4.74 Å². The minimum absolute atomic E-state index is 0.0169. The Balaban J connectivity index is 2.36. The van der Waals surface area contributed by atoms with E-state index < -0.39 is 5.82 Å². The van der Waals surface area contributed by atoms with E-state index >= 15 is 0 Å². The number of ether oxygens (including phenoxy) is 1. The fourth-order valence-corrected chi connectivity index (χ4v) is 1.42. The summed E-state index contributed by atoms with van der Waals surface area (Å²) in [6.07, 6.45) is 0. The molecule has 0 aliphatic rings. The van der Waals surface area contributed by atoms with Crippen LogP contribution in [-0.4, -0.2) is 0 Å². The summed E-state index contributed by atoms with van der Waals surface area (Å²) in [5.41, 5.74) is 0.537. The van der Waals surface area contributed by atoms with Crippen molar-refractivity contribution in [3.05, 3.63) is 59.4 Å². The minimum Gasteiger partial charge on any atom is -0.453 e. The summed E-state index contributed by atoms with van der Waals surface area (Å²) in [7, 11) is 0. The van der Waals surface area contributed by atoms with Crippen LogP contribution in [0.15, 0.2) is 42.5 Å². The van der Waals surface area contributed by atoms with Crippen LogP contribution in [0.4, 0.5) is 4.39 Å². The van der Waals surface area contributed by atoms with Gasteiger partial charge in [-0.2, -0.15) is 10.5 Å². The molecule has 4 heteroatoms. The van der Waals surface area contributed by atoms with Crippen molar-refractivity contribution >= 4 is 0 Å². The van der Waals surface area contributed by atoms with E-state index in [1.807, 2.05) is 12.1 Å². The standard InChI is InChI=1S/C14H7FN2O/c15-12-7-10(8-16)5-6-14(12)18-13-4-2-1-3-11(13)9-17/h1-7H. The normalized spacial score (nSPS) is 9.28. The number of rotatable bonds is 2. The predicted octanol–water partition coefficient (Wildman–Crippen LogP) is 3.36. The number of nitriles is 2. The lowest BCUT2D eigenvalue weighted by Crippen LogP contribution is -1.91. The Morgan fingerprint density at radius 1 is 0.944 bits per heavy atom. The molecule has 0 aliphatic carbocycles. The van der Waals surface area contributed by atoms with Gasteiger partial charge in [-0.05, 0) is 30.3 Å². The molecule has 0 unspecified atom stereocenters. The highest BCUT2D eigenvalue weighted by Crippen LogP contribution is 2.27. The fourth-order valence-electron chi connectivity index (χ4n) is 1.42. The van der Waals surface area contributed by atoms with Crippen LogP contribution in [-0.2, 0) is 0 Å². The highest BCUT2D eigenvalue weighted by molar-refractivity contribution is 5.46. The molecular weight excluding hydrogens is 231 g/mol. The lowest BCUT2D eigenvalue weighted by Gasteiger charge is -2.07. The molecule has 0 saturated heterocycles. The van der Waals surface area contributed by atoms with Crippen LogP contribution in [0.3, 0.4) is 0 Å². The van der Waals surface area contributed by atoms with Gasteiger partial charge in [0.2, 0.25) is 0 Å². The maximum absolute atomic E-state index is 13.6. The van der Waals surface area contributed by atoms with Gasteiger partial charge in [-0.15, -0.1) is 0 Å². The Morgan fingerprint density at radius 2 is 1.72 bits per heavy atom.